The molecule has 2 bridgehead atoms. The molecule has 2 heteroatoms. The second kappa shape index (κ2) is 2.42. The summed E-state index contributed by atoms with van der Waals surface area (Å²) in [6.07, 6.45) is 4.21. The molecule has 0 spiro atoms. The lowest BCUT2D eigenvalue weighted by Crippen LogP contribution is -2.62. The molecule has 2 heterocycles. The van der Waals surface area contributed by atoms with E-state index in [1.165, 1.54) is 0 Å². The molecule has 1 fully saturated rings. The number of hydrogen-bond acceptors (Lipinski definition) is 2. The quantitative estimate of drug-likeness (QED) is 0.601. The highest BCUT2D eigenvalue weighted by Gasteiger charge is 2.60. The molecule has 0 aromatic carbocycles. The Balaban J connectivity index is 2.49. The Labute approximate surface area is 86.0 Å². The van der Waals surface area contributed by atoms with E-state index in [1.807, 2.05) is 6.92 Å². The predicted molar refractivity (Wildman–Crippen MR) is 56.0 cm³/mol. The fraction of sp³-hybridized carbons (Fsp3) is 0.833. The summed E-state index contributed by atoms with van der Waals surface area (Å²) < 4.78 is 6.06. The molecule has 80 valence electrons. The van der Waals surface area contributed by atoms with Gasteiger partial charge in [-0.3, -0.25) is 0 Å². The van der Waals surface area contributed by atoms with Crippen LogP contribution in [0.15, 0.2) is 12.2 Å². The van der Waals surface area contributed by atoms with Crippen LogP contribution in [0.5, 0.6) is 0 Å². The van der Waals surface area contributed by atoms with Gasteiger partial charge in [-0.1, -0.05) is 26.0 Å². The van der Waals surface area contributed by atoms with E-state index >= 15 is 0 Å². The summed E-state index contributed by atoms with van der Waals surface area (Å²) in [7, 11) is 0. The van der Waals surface area contributed by atoms with Gasteiger partial charge in [0, 0.05) is 11.8 Å². The monoisotopic (exact) mass is 196 g/mol. The summed E-state index contributed by atoms with van der Waals surface area (Å²) in [6.45, 7) is 10.2. The maximum Gasteiger partial charge on any atom is 0.0900 e. The molecule has 0 aliphatic carbocycles. The molecule has 2 unspecified atom stereocenters. The minimum absolute atomic E-state index is 0.122. The summed E-state index contributed by atoms with van der Waals surface area (Å²) in [5.41, 5.74) is -1.26. The molecular weight excluding hydrogens is 176 g/mol. The van der Waals surface area contributed by atoms with E-state index in [0.717, 1.165) is 0 Å². The van der Waals surface area contributed by atoms with Crippen LogP contribution in [0.3, 0.4) is 0 Å². The number of hydrogen-bond donors (Lipinski definition) is 1. The van der Waals surface area contributed by atoms with Crippen LogP contribution in [0.1, 0.15) is 34.6 Å². The molecule has 0 amide bonds. The topological polar surface area (TPSA) is 29.5 Å². The van der Waals surface area contributed by atoms with Gasteiger partial charge in [-0.05, 0) is 20.8 Å². The lowest BCUT2D eigenvalue weighted by atomic mass is 9.67. The molecule has 0 saturated carbocycles. The molecule has 2 rings (SSSR count). The third-order valence-electron chi connectivity index (χ3n) is 4.66. The van der Waals surface area contributed by atoms with Gasteiger partial charge >= 0.3 is 0 Å². The number of ether oxygens (including phenoxy) is 1. The highest BCUT2D eigenvalue weighted by atomic mass is 16.5. The highest BCUT2D eigenvalue weighted by molar-refractivity contribution is 5.26. The van der Waals surface area contributed by atoms with Crippen molar-refractivity contribution in [2.45, 2.75) is 51.4 Å². The largest absolute Gasteiger partial charge is 0.389 e. The van der Waals surface area contributed by atoms with Crippen molar-refractivity contribution in [1.29, 1.82) is 0 Å². The first kappa shape index (κ1) is 10.2. The van der Waals surface area contributed by atoms with Crippen LogP contribution in [0, 0.1) is 11.8 Å². The smallest absolute Gasteiger partial charge is 0.0900 e. The molecule has 0 aromatic rings. The van der Waals surface area contributed by atoms with Crippen molar-refractivity contribution < 1.29 is 9.84 Å². The van der Waals surface area contributed by atoms with Crippen LogP contribution >= 0.6 is 0 Å². The average molecular weight is 196 g/mol. The second-order valence-electron chi connectivity index (χ2n) is 5.47. The number of fused-ring (bicyclic) bond motifs is 2. The Morgan fingerprint density at radius 2 is 1.36 bits per heavy atom. The molecule has 2 aliphatic heterocycles. The molecule has 1 N–H and O–H groups in total. The zero-order chi connectivity index (χ0) is 10.8. The van der Waals surface area contributed by atoms with E-state index in [9.17, 15) is 5.11 Å². The fourth-order valence-electron chi connectivity index (χ4n) is 2.87. The molecule has 0 aromatic heterocycles. The Bertz CT molecular complexity index is 269. The van der Waals surface area contributed by atoms with Crippen LogP contribution in [-0.4, -0.2) is 21.9 Å². The van der Waals surface area contributed by atoms with Crippen molar-refractivity contribution in [2.75, 3.05) is 0 Å². The van der Waals surface area contributed by atoms with E-state index in [1.54, 1.807) is 0 Å². The zero-order valence-electron chi connectivity index (χ0n) is 9.66. The van der Waals surface area contributed by atoms with Crippen molar-refractivity contribution in [3.8, 4) is 0 Å². The van der Waals surface area contributed by atoms with E-state index in [2.05, 4.69) is 39.8 Å². The van der Waals surface area contributed by atoms with Gasteiger partial charge < -0.3 is 9.84 Å². The van der Waals surface area contributed by atoms with Crippen molar-refractivity contribution in [3.63, 3.8) is 0 Å². The van der Waals surface area contributed by atoms with E-state index in [4.69, 9.17) is 4.74 Å². The van der Waals surface area contributed by atoms with Gasteiger partial charge in [0.15, 0.2) is 0 Å². The summed E-state index contributed by atoms with van der Waals surface area (Å²) in [4.78, 5) is 0. The Hall–Kier alpha value is -0.340. The highest BCUT2D eigenvalue weighted by Crippen LogP contribution is 2.53. The number of rotatable bonds is 0. The lowest BCUT2D eigenvalue weighted by Gasteiger charge is -2.54. The first-order chi connectivity index (χ1) is 6.22. The average Bonchev–Trinajstić information content (AvgIpc) is 2.39. The van der Waals surface area contributed by atoms with Crippen LogP contribution < -0.4 is 0 Å². The zero-order valence-corrected chi connectivity index (χ0v) is 9.66. The van der Waals surface area contributed by atoms with Crippen molar-refractivity contribution in [2.24, 2.45) is 11.8 Å². The van der Waals surface area contributed by atoms with Gasteiger partial charge in [0.1, 0.15) is 0 Å². The van der Waals surface area contributed by atoms with E-state index in [0.29, 0.717) is 0 Å². The Morgan fingerprint density at radius 3 is 1.71 bits per heavy atom. The molecular formula is C12H20O2. The van der Waals surface area contributed by atoms with E-state index in [-0.39, 0.29) is 23.0 Å². The maximum absolute atomic E-state index is 10.5. The standard InChI is InChI=1S/C12H20O2/c1-8-10(3)6-7-11(4,14-10)9(2)12(8,5)13/h6-9,13H,1-5H3/t8-,9+,10?,11?,12-. The summed E-state index contributed by atoms with van der Waals surface area (Å²) in [5.74, 6) is 0.244. The minimum atomic E-state index is -0.661. The third-order valence-corrected chi connectivity index (χ3v) is 4.66. The lowest BCUT2D eigenvalue weighted by molar-refractivity contribution is -0.245. The molecule has 0 radical (unpaired) electrons. The SMILES string of the molecule is C[C@@H]1C2(C)C=CC(C)(O2)[C@H](C)[C@]1(C)O. The molecule has 1 saturated heterocycles. The van der Waals surface area contributed by atoms with Gasteiger partial charge in [-0.15, -0.1) is 0 Å². The minimum Gasteiger partial charge on any atom is -0.389 e. The van der Waals surface area contributed by atoms with Crippen LogP contribution in [0.4, 0.5) is 0 Å². The van der Waals surface area contributed by atoms with Gasteiger partial charge in [0.05, 0.1) is 16.8 Å². The first-order valence-corrected chi connectivity index (χ1v) is 5.35. The Kier molecular flexibility index (Phi) is 1.76. The van der Waals surface area contributed by atoms with Crippen LogP contribution in [0.2, 0.25) is 0 Å². The van der Waals surface area contributed by atoms with E-state index < -0.39 is 5.60 Å². The van der Waals surface area contributed by atoms with Gasteiger partial charge in [-0.2, -0.15) is 0 Å². The molecule has 2 nitrogen and oxygen atoms in total. The molecule has 14 heavy (non-hydrogen) atoms. The second-order valence-corrected chi connectivity index (χ2v) is 5.47. The van der Waals surface area contributed by atoms with Crippen LogP contribution in [0.25, 0.3) is 0 Å². The van der Waals surface area contributed by atoms with Crippen molar-refractivity contribution >= 4 is 0 Å². The van der Waals surface area contributed by atoms with Crippen molar-refractivity contribution in [1.82, 2.24) is 0 Å². The maximum atomic E-state index is 10.5. The van der Waals surface area contributed by atoms with Gasteiger partial charge in [-0.25, -0.2) is 0 Å². The summed E-state index contributed by atoms with van der Waals surface area (Å²) >= 11 is 0. The third kappa shape index (κ3) is 0.986. The van der Waals surface area contributed by atoms with Crippen molar-refractivity contribution in [3.05, 3.63) is 12.2 Å². The molecule has 2 aliphatic rings. The summed E-state index contributed by atoms with van der Waals surface area (Å²) in [6, 6.07) is 0. The van der Waals surface area contributed by atoms with Gasteiger partial charge in [0.2, 0.25) is 0 Å². The van der Waals surface area contributed by atoms with Gasteiger partial charge in [0.25, 0.3) is 0 Å². The normalized spacial score (nSPS) is 61.9. The fourth-order valence-corrected chi connectivity index (χ4v) is 2.87. The van der Waals surface area contributed by atoms with Crippen LogP contribution in [-0.2, 0) is 4.74 Å². The number of aliphatic hydroxyl groups is 1. The predicted octanol–water partition coefficient (Wildman–Crippen LogP) is 2.13. The molecule has 5 atom stereocenters. The summed E-state index contributed by atoms with van der Waals surface area (Å²) in [5, 5.41) is 10.5. The first-order valence-electron chi connectivity index (χ1n) is 5.35. The Morgan fingerprint density at radius 1 is 1.00 bits per heavy atom.